The lowest BCUT2D eigenvalue weighted by Gasteiger charge is -2.14. The van der Waals surface area contributed by atoms with Crippen molar-refractivity contribution in [2.75, 3.05) is 38.8 Å². The van der Waals surface area contributed by atoms with Crippen molar-refractivity contribution in [1.82, 2.24) is 25.4 Å². The molecule has 0 bridgehead atoms. The number of hydrogen-bond acceptors (Lipinski definition) is 5. The number of ether oxygens (including phenoxy) is 1. The van der Waals surface area contributed by atoms with Gasteiger partial charge < -0.3 is 19.9 Å². The molecular formula is C19H30N6OS. The monoisotopic (exact) mass is 390 g/mol. The van der Waals surface area contributed by atoms with E-state index in [2.05, 4.69) is 49.6 Å². The zero-order valence-electron chi connectivity index (χ0n) is 16.4. The lowest BCUT2D eigenvalue weighted by atomic mass is 10.1. The summed E-state index contributed by atoms with van der Waals surface area (Å²) in [7, 11) is 1.71. The molecule has 0 aliphatic heterocycles. The molecule has 7 nitrogen and oxygen atoms in total. The molecule has 1 aromatic heterocycles. The molecule has 0 unspecified atom stereocenters. The van der Waals surface area contributed by atoms with Crippen LogP contribution >= 0.6 is 11.8 Å². The summed E-state index contributed by atoms with van der Waals surface area (Å²) in [4.78, 5) is 4.65. The van der Waals surface area contributed by atoms with E-state index in [4.69, 9.17) is 4.74 Å². The molecule has 2 aromatic rings. The quantitative estimate of drug-likeness (QED) is 0.347. The topological polar surface area (TPSA) is 76.4 Å². The van der Waals surface area contributed by atoms with E-state index >= 15 is 0 Å². The van der Waals surface area contributed by atoms with Crippen molar-refractivity contribution >= 4 is 17.7 Å². The maximum absolute atomic E-state index is 5.42. The van der Waals surface area contributed by atoms with Crippen LogP contribution in [0.4, 0.5) is 0 Å². The number of guanidine groups is 1. The number of methoxy groups -OCH3 is 1. The van der Waals surface area contributed by atoms with E-state index in [1.807, 2.05) is 18.2 Å². The number of thioether (sulfide) groups is 1. The third kappa shape index (κ3) is 7.13. The Morgan fingerprint density at radius 2 is 2.07 bits per heavy atom. The SMILES string of the molecule is CCc1nncn1CCNC(=NCCSC)NCCc1ccccc1OC. The average Bonchev–Trinajstić information content (AvgIpc) is 3.15. The molecule has 0 amide bonds. The van der Waals surface area contributed by atoms with Crippen molar-refractivity contribution in [3.8, 4) is 5.75 Å². The summed E-state index contributed by atoms with van der Waals surface area (Å²) >= 11 is 1.80. The fourth-order valence-electron chi connectivity index (χ4n) is 2.68. The Hall–Kier alpha value is -2.22. The Morgan fingerprint density at radius 1 is 1.26 bits per heavy atom. The molecule has 0 radical (unpaired) electrons. The van der Waals surface area contributed by atoms with Crippen molar-refractivity contribution < 1.29 is 4.74 Å². The van der Waals surface area contributed by atoms with Gasteiger partial charge in [0.05, 0.1) is 13.7 Å². The highest BCUT2D eigenvalue weighted by molar-refractivity contribution is 7.98. The maximum atomic E-state index is 5.42. The van der Waals surface area contributed by atoms with Crippen LogP contribution in [0.2, 0.25) is 0 Å². The highest BCUT2D eigenvalue weighted by Gasteiger charge is 2.04. The maximum Gasteiger partial charge on any atom is 0.191 e. The third-order valence-corrected chi connectivity index (χ3v) is 4.69. The van der Waals surface area contributed by atoms with E-state index in [1.165, 1.54) is 5.56 Å². The lowest BCUT2D eigenvalue weighted by Crippen LogP contribution is -2.40. The Kier molecular flexibility index (Phi) is 9.54. The summed E-state index contributed by atoms with van der Waals surface area (Å²) < 4.78 is 7.49. The number of rotatable bonds is 11. The van der Waals surface area contributed by atoms with Gasteiger partial charge in [0, 0.05) is 31.8 Å². The van der Waals surface area contributed by atoms with E-state index in [9.17, 15) is 0 Å². The van der Waals surface area contributed by atoms with E-state index in [-0.39, 0.29) is 0 Å². The van der Waals surface area contributed by atoms with Gasteiger partial charge in [-0.3, -0.25) is 4.99 Å². The van der Waals surface area contributed by atoms with Gasteiger partial charge in [0.1, 0.15) is 17.9 Å². The molecule has 148 valence electrons. The molecule has 0 aliphatic carbocycles. The molecule has 1 aromatic carbocycles. The molecule has 2 rings (SSSR count). The Balaban J connectivity index is 1.85. The van der Waals surface area contributed by atoms with Gasteiger partial charge in [0.15, 0.2) is 5.96 Å². The molecule has 0 saturated carbocycles. The number of aliphatic imine (C=N–C) groups is 1. The first-order chi connectivity index (χ1) is 13.3. The van der Waals surface area contributed by atoms with E-state index in [1.54, 1.807) is 25.2 Å². The van der Waals surface area contributed by atoms with Gasteiger partial charge in [0.2, 0.25) is 0 Å². The molecule has 1 heterocycles. The van der Waals surface area contributed by atoms with Crippen LogP contribution in [-0.4, -0.2) is 59.5 Å². The van der Waals surface area contributed by atoms with Crippen LogP contribution in [0.15, 0.2) is 35.6 Å². The number of nitrogens with one attached hydrogen (secondary N) is 2. The van der Waals surface area contributed by atoms with Crippen LogP contribution in [0, 0.1) is 0 Å². The average molecular weight is 391 g/mol. The molecule has 0 spiro atoms. The van der Waals surface area contributed by atoms with Crippen molar-refractivity contribution in [1.29, 1.82) is 0 Å². The minimum absolute atomic E-state index is 0.769. The molecule has 0 saturated heterocycles. The van der Waals surface area contributed by atoms with E-state index < -0.39 is 0 Å². The van der Waals surface area contributed by atoms with Gasteiger partial charge in [-0.05, 0) is 24.3 Å². The van der Waals surface area contributed by atoms with Gasteiger partial charge >= 0.3 is 0 Å². The zero-order valence-corrected chi connectivity index (χ0v) is 17.3. The number of nitrogens with zero attached hydrogens (tertiary/aromatic N) is 4. The number of hydrogen-bond donors (Lipinski definition) is 2. The van der Waals surface area contributed by atoms with Crippen LogP contribution in [-0.2, 0) is 19.4 Å². The first-order valence-corrected chi connectivity index (χ1v) is 10.7. The van der Waals surface area contributed by atoms with Crippen molar-refractivity contribution in [2.24, 2.45) is 4.99 Å². The Bertz CT molecular complexity index is 703. The second-order valence-electron chi connectivity index (χ2n) is 5.93. The highest BCUT2D eigenvalue weighted by atomic mass is 32.2. The number of para-hydroxylation sites is 1. The van der Waals surface area contributed by atoms with Gasteiger partial charge in [0.25, 0.3) is 0 Å². The van der Waals surface area contributed by atoms with E-state index in [0.29, 0.717) is 0 Å². The summed E-state index contributed by atoms with van der Waals surface area (Å²) in [5.74, 6) is 3.77. The molecule has 27 heavy (non-hydrogen) atoms. The van der Waals surface area contributed by atoms with Crippen LogP contribution in [0.1, 0.15) is 18.3 Å². The van der Waals surface area contributed by atoms with Gasteiger partial charge in [-0.15, -0.1) is 10.2 Å². The number of aromatic nitrogens is 3. The normalized spacial score (nSPS) is 11.4. The standard InChI is InChI=1S/C19H30N6OS/c1-4-18-24-23-15-25(18)13-11-21-19(22-12-14-27-3)20-10-9-16-7-5-6-8-17(16)26-2/h5-8,15H,4,9-14H2,1-3H3,(H2,20,21,22). The third-order valence-electron chi connectivity index (χ3n) is 4.10. The molecular weight excluding hydrogens is 360 g/mol. The highest BCUT2D eigenvalue weighted by Crippen LogP contribution is 2.17. The van der Waals surface area contributed by atoms with Crippen LogP contribution < -0.4 is 15.4 Å². The van der Waals surface area contributed by atoms with Gasteiger partial charge in [-0.25, -0.2) is 0 Å². The smallest absolute Gasteiger partial charge is 0.191 e. The van der Waals surface area contributed by atoms with Crippen LogP contribution in [0.3, 0.4) is 0 Å². The zero-order chi connectivity index (χ0) is 19.3. The predicted octanol–water partition coefficient (Wildman–Crippen LogP) is 1.99. The summed E-state index contributed by atoms with van der Waals surface area (Å²) in [6, 6.07) is 8.11. The minimum Gasteiger partial charge on any atom is -0.496 e. The first-order valence-electron chi connectivity index (χ1n) is 9.28. The van der Waals surface area contributed by atoms with E-state index in [0.717, 1.165) is 62.3 Å². The largest absolute Gasteiger partial charge is 0.496 e. The van der Waals surface area contributed by atoms with Crippen molar-refractivity contribution in [2.45, 2.75) is 26.3 Å². The Morgan fingerprint density at radius 3 is 2.85 bits per heavy atom. The van der Waals surface area contributed by atoms with Crippen molar-refractivity contribution in [3.05, 3.63) is 42.0 Å². The lowest BCUT2D eigenvalue weighted by molar-refractivity contribution is 0.409. The summed E-state index contributed by atoms with van der Waals surface area (Å²) in [5.41, 5.74) is 1.19. The van der Waals surface area contributed by atoms with Crippen LogP contribution in [0.5, 0.6) is 5.75 Å². The molecule has 0 atom stereocenters. The number of benzene rings is 1. The van der Waals surface area contributed by atoms with Gasteiger partial charge in [-0.1, -0.05) is 25.1 Å². The van der Waals surface area contributed by atoms with Gasteiger partial charge in [-0.2, -0.15) is 11.8 Å². The van der Waals surface area contributed by atoms with Crippen molar-refractivity contribution in [3.63, 3.8) is 0 Å². The summed E-state index contributed by atoms with van der Waals surface area (Å²) in [6.45, 7) is 5.25. The second kappa shape index (κ2) is 12.2. The number of aryl methyl sites for hydroxylation is 1. The Labute approximate surface area is 166 Å². The molecule has 0 aliphatic rings. The second-order valence-corrected chi connectivity index (χ2v) is 6.92. The molecule has 2 N–H and O–H groups in total. The predicted molar refractivity (Wildman–Crippen MR) is 113 cm³/mol. The molecule has 8 heteroatoms. The summed E-state index contributed by atoms with van der Waals surface area (Å²) in [5, 5.41) is 14.9. The minimum atomic E-state index is 0.769. The fourth-order valence-corrected chi connectivity index (χ4v) is 2.96. The fraction of sp³-hybridized carbons (Fsp3) is 0.526. The van der Waals surface area contributed by atoms with Crippen LogP contribution in [0.25, 0.3) is 0 Å². The molecule has 0 fully saturated rings. The summed E-state index contributed by atoms with van der Waals surface area (Å²) in [6.07, 6.45) is 5.63. The first kappa shape index (κ1) is 21.1.